The molecule has 1 aromatic rings. The number of nitrogens with zero attached hydrogens (tertiary/aromatic N) is 2. The second-order valence-corrected chi connectivity index (χ2v) is 5.46. The number of hydrogen-bond acceptors (Lipinski definition) is 4. The quantitative estimate of drug-likeness (QED) is 0.659. The molecule has 5 nitrogen and oxygen atoms in total. The molecule has 2 rings (SSSR count). The molecule has 1 aliphatic heterocycles. The highest BCUT2D eigenvalue weighted by Crippen LogP contribution is 2.30. The van der Waals surface area contributed by atoms with Crippen LogP contribution in [0, 0.1) is 16.0 Å². The highest BCUT2D eigenvalue weighted by molar-refractivity contribution is 5.64. The summed E-state index contributed by atoms with van der Waals surface area (Å²) in [4.78, 5) is 12.9. The van der Waals surface area contributed by atoms with Crippen molar-refractivity contribution in [3.8, 4) is 0 Å². The smallest absolute Gasteiger partial charge is 0.273 e. The molecule has 1 aliphatic rings. The Morgan fingerprint density at radius 2 is 2.05 bits per heavy atom. The van der Waals surface area contributed by atoms with Gasteiger partial charge in [0.2, 0.25) is 0 Å². The van der Waals surface area contributed by atoms with Gasteiger partial charge in [0, 0.05) is 43.6 Å². The fraction of sp³-hybridized carbons (Fsp3) is 0.600. The summed E-state index contributed by atoms with van der Waals surface area (Å²) in [6, 6.07) is 5.25. The molecule has 110 valence electrons. The Labute approximate surface area is 120 Å². The van der Waals surface area contributed by atoms with Gasteiger partial charge in [-0.15, -0.1) is 0 Å². The van der Waals surface area contributed by atoms with Crippen LogP contribution in [0.4, 0.5) is 17.1 Å². The summed E-state index contributed by atoms with van der Waals surface area (Å²) in [6.07, 6.45) is 4.91. The predicted molar refractivity (Wildman–Crippen MR) is 82.5 cm³/mol. The highest BCUT2D eigenvalue weighted by atomic mass is 16.6. The molecular formula is C15H23N3O2. The van der Waals surface area contributed by atoms with E-state index in [1.165, 1.54) is 25.7 Å². The third kappa shape index (κ3) is 3.40. The van der Waals surface area contributed by atoms with Crippen molar-refractivity contribution < 1.29 is 4.92 Å². The molecule has 0 amide bonds. The summed E-state index contributed by atoms with van der Waals surface area (Å²) in [6.45, 7) is 4.22. The van der Waals surface area contributed by atoms with Gasteiger partial charge in [-0.2, -0.15) is 0 Å². The predicted octanol–water partition coefficient (Wildman–Crippen LogP) is 3.65. The second-order valence-electron chi connectivity index (χ2n) is 5.46. The largest absolute Gasteiger partial charge is 0.388 e. The van der Waals surface area contributed by atoms with Crippen LogP contribution in [0.3, 0.4) is 0 Å². The number of piperidine rings is 1. The van der Waals surface area contributed by atoms with Crippen molar-refractivity contribution in [1.29, 1.82) is 0 Å². The number of anilines is 2. The van der Waals surface area contributed by atoms with Crippen molar-refractivity contribution in [1.82, 2.24) is 0 Å². The molecule has 1 aromatic carbocycles. The molecule has 1 N–H and O–H groups in total. The van der Waals surface area contributed by atoms with Crippen molar-refractivity contribution >= 4 is 17.1 Å². The third-order valence-corrected chi connectivity index (χ3v) is 4.08. The molecule has 0 unspecified atom stereocenters. The number of non-ortho nitro benzene ring substituents is 1. The SMILES string of the molecule is CCCC1CCN(c2cc(NC)cc([N+](=O)[O-])c2)CC1. The second kappa shape index (κ2) is 6.59. The van der Waals surface area contributed by atoms with Gasteiger partial charge in [0.05, 0.1) is 4.92 Å². The Morgan fingerprint density at radius 1 is 1.35 bits per heavy atom. The van der Waals surface area contributed by atoms with E-state index in [-0.39, 0.29) is 10.6 Å². The number of nitro benzene ring substituents is 1. The van der Waals surface area contributed by atoms with Crippen LogP contribution in [0.2, 0.25) is 0 Å². The molecule has 1 saturated heterocycles. The van der Waals surface area contributed by atoms with Crippen molar-refractivity contribution in [2.24, 2.45) is 5.92 Å². The maximum absolute atomic E-state index is 11.0. The first kappa shape index (κ1) is 14.6. The van der Waals surface area contributed by atoms with Crippen LogP contribution in [0.15, 0.2) is 18.2 Å². The third-order valence-electron chi connectivity index (χ3n) is 4.08. The molecule has 0 saturated carbocycles. The summed E-state index contributed by atoms with van der Waals surface area (Å²) in [5.41, 5.74) is 1.91. The Balaban J connectivity index is 2.12. The van der Waals surface area contributed by atoms with Crippen molar-refractivity contribution in [2.45, 2.75) is 32.6 Å². The van der Waals surface area contributed by atoms with E-state index in [0.717, 1.165) is 30.4 Å². The normalized spacial score (nSPS) is 16.2. The van der Waals surface area contributed by atoms with Gasteiger partial charge < -0.3 is 10.2 Å². The zero-order valence-electron chi connectivity index (χ0n) is 12.3. The minimum atomic E-state index is -0.325. The Morgan fingerprint density at radius 3 is 2.60 bits per heavy atom. The summed E-state index contributed by atoms with van der Waals surface area (Å²) in [5.74, 6) is 0.818. The maximum atomic E-state index is 11.0. The lowest BCUT2D eigenvalue weighted by molar-refractivity contribution is -0.384. The number of rotatable bonds is 5. The van der Waals surface area contributed by atoms with E-state index in [4.69, 9.17) is 0 Å². The number of benzene rings is 1. The van der Waals surface area contributed by atoms with Gasteiger partial charge in [-0.3, -0.25) is 10.1 Å². The fourth-order valence-corrected chi connectivity index (χ4v) is 2.92. The van der Waals surface area contributed by atoms with Crippen LogP contribution in [0.5, 0.6) is 0 Å². The monoisotopic (exact) mass is 277 g/mol. The van der Waals surface area contributed by atoms with E-state index in [0.29, 0.717) is 0 Å². The first-order valence-electron chi connectivity index (χ1n) is 7.36. The van der Waals surface area contributed by atoms with E-state index in [1.807, 2.05) is 6.07 Å². The zero-order valence-corrected chi connectivity index (χ0v) is 12.3. The van der Waals surface area contributed by atoms with Crippen LogP contribution in [-0.2, 0) is 0 Å². The standard InChI is InChI=1S/C15H23N3O2/c1-3-4-12-5-7-17(8-6-12)14-9-13(16-2)10-15(11-14)18(19)20/h9-12,16H,3-8H2,1-2H3. The molecule has 0 bridgehead atoms. The van der Waals surface area contributed by atoms with Crippen LogP contribution in [0.1, 0.15) is 32.6 Å². The van der Waals surface area contributed by atoms with Crippen LogP contribution < -0.4 is 10.2 Å². The van der Waals surface area contributed by atoms with Crippen LogP contribution >= 0.6 is 0 Å². The summed E-state index contributed by atoms with van der Waals surface area (Å²) >= 11 is 0. The molecule has 20 heavy (non-hydrogen) atoms. The van der Waals surface area contributed by atoms with E-state index >= 15 is 0 Å². The van der Waals surface area contributed by atoms with E-state index < -0.39 is 0 Å². The number of nitro groups is 1. The van der Waals surface area contributed by atoms with Crippen molar-refractivity contribution in [2.75, 3.05) is 30.4 Å². The van der Waals surface area contributed by atoms with Gasteiger partial charge in [0.1, 0.15) is 0 Å². The number of hydrogen-bond donors (Lipinski definition) is 1. The van der Waals surface area contributed by atoms with Gasteiger partial charge >= 0.3 is 0 Å². The van der Waals surface area contributed by atoms with Gasteiger partial charge in [0.25, 0.3) is 5.69 Å². The Kier molecular flexibility index (Phi) is 4.82. The summed E-state index contributed by atoms with van der Waals surface area (Å²) < 4.78 is 0. The lowest BCUT2D eigenvalue weighted by atomic mass is 9.92. The fourth-order valence-electron chi connectivity index (χ4n) is 2.92. The molecule has 5 heteroatoms. The van der Waals surface area contributed by atoms with Gasteiger partial charge in [-0.1, -0.05) is 19.8 Å². The molecule has 0 spiro atoms. The van der Waals surface area contributed by atoms with Crippen LogP contribution in [-0.4, -0.2) is 25.1 Å². The minimum Gasteiger partial charge on any atom is -0.388 e. The van der Waals surface area contributed by atoms with E-state index in [9.17, 15) is 10.1 Å². The van der Waals surface area contributed by atoms with E-state index in [2.05, 4.69) is 17.1 Å². The molecule has 0 radical (unpaired) electrons. The zero-order chi connectivity index (χ0) is 14.5. The highest BCUT2D eigenvalue weighted by Gasteiger charge is 2.20. The van der Waals surface area contributed by atoms with Gasteiger partial charge in [-0.25, -0.2) is 0 Å². The molecule has 0 aromatic heterocycles. The molecule has 1 heterocycles. The van der Waals surface area contributed by atoms with Crippen molar-refractivity contribution in [3.05, 3.63) is 28.3 Å². The van der Waals surface area contributed by atoms with Crippen LogP contribution in [0.25, 0.3) is 0 Å². The Hall–Kier alpha value is -1.78. The van der Waals surface area contributed by atoms with Gasteiger partial charge in [-0.05, 0) is 24.8 Å². The summed E-state index contributed by atoms with van der Waals surface area (Å²) in [5, 5.41) is 14.0. The minimum absolute atomic E-state index is 0.155. The van der Waals surface area contributed by atoms with Crippen molar-refractivity contribution in [3.63, 3.8) is 0 Å². The topological polar surface area (TPSA) is 58.4 Å². The summed E-state index contributed by atoms with van der Waals surface area (Å²) in [7, 11) is 1.79. The lowest BCUT2D eigenvalue weighted by Crippen LogP contribution is -2.33. The maximum Gasteiger partial charge on any atom is 0.273 e. The first-order chi connectivity index (χ1) is 9.63. The Bertz CT molecular complexity index is 468. The number of nitrogens with one attached hydrogen (secondary N) is 1. The molecule has 0 aliphatic carbocycles. The molecule has 1 fully saturated rings. The molecular weight excluding hydrogens is 254 g/mol. The average Bonchev–Trinajstić information content (AvgIpc) is 2.47. The first-order valence-corrected chi connectivity index (χ1v) is 7.36. The average molecular weight is 277 g/mol. The molecule has 0 atom stereocenters. The van der Waals surface area contributed by atoms with E-state index in [1.54, 1.807) is 19.2 Å². The van der Waals surface area contributed by atoms with Gasteiger partial charge in [0.15, 0.2) is 0 Å². The lowest BCUT2D eigenvalue weighted by Gasteiger charge is -2.33.